The average Bonchev–Trinajstić information content (AvgIpc) is 3.28. The van der Waals surface area contributed by atoms with E-state index in [0.717, 1.165) is 16.0 Å². The van der Waals surface area contributed by atoms with Gasteiger partial charge in [-0.1, -0.05) is 18.2 Å². The molecule has 1 amide bonds. The number of benzene rings is 2. The van der Waals surface area contributed by atoms with Crippen LogP contribution in [0.2, 0.25) is 0 Å². The number of nitrogens with zero attached hydrogens (tertiary/aromatic N) is 2. The van der Waals surface area contributed by atoms with Crippen LogP contribution in [-0.2, 0) is 9.53 Å². The van der Waals surface area contributed by atoms with Crippen molar-refractivity contribution in [2.24, 2.45) is 0 Å². The number of anilines is 1. The summed E-state index contributed by atoms with van der Waals surface area (Å²) in [4.78, 5) is 38.5. The van der Waals surface area contributed by atoms with Crippen LogP contribution in [0.5, 0.6) is 11.5 Å². The molecule has 0 aliphatic heterocycles. The minimum atomic E-state index is -0.778. The SMILES string of the molecule is CCOC(=O)c1nn(-c2ccccc2F)c(=O)c2c(NC(=O)COc3cccc(OC)c3)scc12. The van der Waals surface area contributed by atoms with E-state index in [4.69, 9.17) is 14.2 Å². The van der Waals surface area contributed by atoms with E-state index in [2.05, 4.69) is 10.4 Å². The van der Waals surface area contributed by atoms with E-state index < -0.39 is 23.3 Å². The number of amides is 1. The normalized spacial score (nSPS) is 10.7. The molecule has 2 aromatic heterocycles. The minimum absolute atomic E-state index is 0.00559. The molecule has 4 aromatic rings. The molecule has 4 rings (SSSR count). The lowest BCUT2D eigenvalue weighted by atomic mass is 10.2. The summed E-state index contributed by atoms with van der Waals surface area (Å²) >= 11 is 1.03. The van der Waals surface area contributed by atoms with E-state index >= 15 is 0 Å². The highest BCUT2D eigenvalue weighted by atomic mass is 32.1. The Kier molecular flexibility index (Phi) is 7.06. The third-order valence-electron chi connectivity index (χ3n) is 4.87. The van der Waals surface area contributed by atoms with Gasteiger partial charge in [-0.25, -0.2) is 9.18 Å². The molecule has 0 spiro atoms. The van der Waals surface area contributed by atoms with Crippen LogP contribution in [0.3, 0.4) is 0 Å². The number of hydrogen-bond acceptors (Lipinski definition) is 8. The molecule has 0 bridgehead atoms. The van der Waals surface area contributed by atoms with E-state index in [-0.39, 0.29) is 40.4 Å². The number of hydrogen-bond donors (Lipinski definition) is 1. The fraction of sp³-hybridized carbons (Fsp3) is 0.167. The van der Waals surface area contributed by atoms with Gasteiger partial charge in [0.05, 0.1) is 19.1 Å². The van der Waals surface area contributed by atoms with Crippen LogP contribution >= 0.6 is 11.3 Å². The number of para-hydroxylation sites is 1. The van der Waals surface area contributed by atoms with Gasteiger partial charge < -0.3 is 19.5 Å². The molecule has 0 atom stereocenters. The zero-order chi connectivity index (χ0) is 24.9. The summed E-state index contributed by atoms with van der Waals surface area (Å²) in [5, 5.41) is 8.59. The monoisotopic (exact) mass is 497 g/mol. The molecule has 0 aliphatic carbocycles. The van der Waals surface area contributed by atoms with Crippen molar-refractivity contribution in [3.8, 4) is 17.2 Å². The number of halogens is 1. The number of thiophene rings is 1. The van der Waals surface area contributed by atoms with Gasteiger partial charge in [0.1, 0.15) is 28.0 Å². The molecular formula is C24H20FN3O6S. The lowest BCUT2D eigenvalue weighted by Crippen LogP contribution is -2.27. The van der Waals surface area contributed by atoms with E-state index in [9.17, 15) is 18.8 Å². The molecule has 9 nitrogen and oxygen atoms in total. The Morgan fingerprint density at radius 2 is 1.91 bits per heavy atom. The van der Waals surface area contributed by atoms with Crippen molar-refractivity contribution < 1.29 is 28.2 Å². The molecule has 11 heteroatoms. The molecule has 0 fully saturated rings. The van der Waals surface area contributed by atoms with Crippen molar-refractivity contribution in [1.82, 2.24) is 9.78 Å². The fourth-order valence-electron chi connectivity index (χ4n) is 3.28. The van der Waals surface area contributed by atoms with Gasteiger partial charge in [-0.15, -0.1) is 11.3 Å². The largest absolute Gasteiger partial charge is 0.497 e. The molecular weight excluding hydrogens is 477 g/mol. The third-order valence-corrected chi connectivity index (χ3v) is 5.76. The molecule has 0 unspecified atom stereocenters. The highest BCUT2D eigenvalue weighted by Crippen LogP contribution is 2.31. The minimum Gasteiger partial charge on any atom is -0.497 e. The van der Waals surface area contributed by atoms with Crippen LogP contribution in [0.1, 0.15) is 17.4 Å². The van der Waals surface area contributed by atoms with Crippen molar-refractivity contribution >= 4 is 39.0 Å². The summed E-state index contributed by atoms with van der Waals surface area (Å²) in [7, 11) is 1.52. The quantitative estimate of drug-likeness (QED) is 0.369. The number of rotatable bonds is 8. The second kappa shape index (κ2) is 10.3. The van der Waals surface area contributed by atoms with E-state index in [1.807, 2.05) is 0 Å². The summed E-state index contributed by atoms with van der Waals surface area (Å²) in [6.07, 6.45) is 0. The highest BCUT2D eigenvalue weighted by molar-refractivity contribution is 7.16. The van der Waals surface area contributed by atoms with E-state index in [0.29, 0.717) is 11.5 Å². The Morgan fingerprint density at radius 1 is 1.14 bits per heavy atom. The molecule has 0 saturated carbocycles. The van der Waals surface area contributed by atoms with Crippen molar-refractivity contribution in [2.75, 3.05) is 25.6 Å². The second-order valence-corrected chi connectivity index (χ2v) is 7.99. The summed E-state index contributed by atoms with van der Waals surface area (Å²) in [5.41, 5.74) is -1.02. The highest BCUT2D eigenvalue weighted by Gasteiger charge is 2.24. The Bertz CT molecular complexity index is 1470. The first-order valence-corrected chi connectivity index (χ1v) is 11.3. The number of methoxy groups -OCH3 is 1. The predicted molar refractivity (Wildman–Crippen MR) is 128 cm³/mol. The number of carbonyl (C=O) groups is 2. The molecule has 180 valence electrons. The first-order valence-electron chi connectivity index (χ1n) is 10.5. The number of nitrogens with one attached hydrogen (secondary N) is 1. The van der Waals surface area contributed by atoms with Gasteiger partial charge in [-0.3, -0.25) is 9.59 Å². The van der Waals surface area contributed by atoms with Gasteiger partial charge in [0.15, 0.2) is 12.3 Å². The van der Waals surface area contributed by atoms with Crippen molar-refractivity contribution in [2.45, 2.75) is 6.92 Å². The van der Waals surface area contributed by atoms with Gasteiger partial charge in [0.25, 0.3) is 11.5 Å². The second-order valence-electron chi connectivity index (χ2n) is 7.11. The summed E-state index contributed by atoms with van der Waals surface area (Å²) < 4.78 is 31.0. The van der Waals surface area contributed by atoms with Crippen LogP contribution < -0.4 is 20.3 Å². The van der Waals surface area contributed by atoms with Gasteiger partial charge in [-0.05, 0) is 31.2 Å². The van der Waals surface area contributed by atoms with E-state index in [1.54, 1.807) is 31.2 Å². The zero-order valence-electron chi connectivity index (χ0n) is 18.7. The summed E-state index contributed by atoms with van der Waals surface area (Å²) in [6.45, 7) is 1.36. The summed E-state index contributed by atoms with van der Waals surface area (Å²) in [5.74, 6) is -1.03. The first-order chi connectivity index (χ1) is 16.9. The van der Waals surface area contributed by atoms with Gasteiger partial charge in [0, 0.05) is 16.8 Å². The molecule has 1 N–H and O–H groups in total. The maximum Gasteiger partial charge on any atom is 0.359 e. The smallest absolute Gasteiger partial charge is 0.359 e. The van der Waals surface area contributed by atoms with Crippen LogP contribution in [-0.4, -0.2) is 42.0 Å². The molecule has 35 heavy (non-hydrogen) atoms. The Morgan fingerprint density at radius 3 is 2.66 bits per heavy atom. The summed E-state index contributed by atoms with van der Waals surface area (Å²) in [6, 6.07) is 12.3. The van der Waals surface area contributed by atoms with E-state index in [1.165, 1.54) is 36.8 Å². The molecule has 2 aromatic carbocycles. The predicted octanol–water partition coefficient (Wildman–Crippen LogP) is 3.79. The molecule has 2 heterocycles. The number of aromatic nitrogens is 2. The van der Waals surface area contributed by atoms with Crippen molar-refractivity contribution in [3.63, 3.8) is 0 Å². The van der Waals surface area contributed by atoms with Gasteiger partial charge >= 0.3 is 5.97 Å². The van der Waals surface area contributed by atoms with Crippen LogP contribution in [0.15, 0.2) is 58.7 Å². The van der Waals surface area contributed by atoms with Gasteiger partial charge in [-0.2, -0.15) is 9.78 Å². The van der Waals surface area contributed by atoms with Crippen molar-refractivity contribution in [1.29, 1.82) is 0 Å². The number of carbonyl (C=O) groups excluding carboxylic acids is 2. The number of esters is 1. The standard InChI is InChI=1S/C24H20FN3O6S/c1-3-33-24(31)21-16-13-35-22(26-19(29)12-34-15-8-6-7-14(11-15)32-2)20(16)23(30)28(27-21)18-10-5-4-9-17(18)25/h4-11,13H,3,12H2,1-2H3,(H,26,29). The first kappa shape index (κ1) is 23.9. The Hall–Kier alpha value is -4.25. The topological polar surface area (TPSA) is 109 Å². The zero-order valence-corrected chi connectivity index (χ0v) is 19.6. The lowest BCUT2D eigenvalue weighted by Gasteiger charge is -2.11. The number of ether oxygens (including phenoxy) is 3. The Labute approximate surface area is 202 Å². The fourth-order valence-corrected chi connectivity index (χ4v) is 4.23. The van der Waals surface area contributed by atoms with Gasteiger partial charge in [0.2, 0.25) is 0 Å². The maximum atomic E-state index is 14.5. The lowest BCUT2D eigenvalue weighted by molar-refractivity contribution is -0.118. The third kappa shape index (κ3) is 4.99. The van der Waals surface area contributed by atoms with Crippen LogP contribution in [0.4, 0.5) is 9.39 Å². The molecule has 0 aliphatic rings. The molecule has 0 radical (unpaired) electrons. The molecule has 0 saturated heterocycles. The Balaban J connectivity index is 1.70. The number of fused-ring (bicyclic) bond motifs is 1. The van der Waals surface area contributed by atoms with Crippen LogP contribution in [0, 0.1) is 5.82 Å². The average molecular weight is 498 g/mol. The van der Waals surface area contributed by atoms with Crippen LogP contribution in [0.25, 0.3) is 16.5 Å². The maximum absolute atomic E-state index is 14.5. The van der Waals surface area contributed by atoms with Crippen molar-refractivity contribution in [3.05, 3.63) is 75.8 Å².